The summed E-state index contributed by atoms with van der Waals surface area (Å²) in [4.78, 5) is 25.7. The molecule has 2 aromatic heterocycles. The maximum atomic E-state index is 13.9. The molecule has 4 rings (SSSR count). The molecule has 0 amide bonds. The molecule has 1 fully saturated rings. The van der Waals surface area contributed by atoms with Gasteiger partial charge in [0.05, 0.1) is 0 Å². The predicted octanol–water partition coefficient (Wildman–Crippen LogP) is 2.17. The lowest BCUT2D eigenvalue weighted by Gasteiger charge is -2.34. The fourth-order valence-electron chi connectivity index (χ4n) is 3.62. The topological polar surface area (TPSA) is 76.8 Å². The third-order valence-electron chi connectivity index (χ3n) is 4.77. The van der Waals surface area contributed by atoms with Crippen molar-refractivity contribution in [3.8, 4) is 0 Å². The van der Waals surface area contributed by atoms with Gasteiger partial charge in [-0.05, 0) is 25.1 Å². The molecule has 1 saturated heterocycles. The summed E-state index contributed by atoms with van der Waals surface area (Å²) in [5, 5.41) is 4.06. The van der Waals surface area contributed by atoms with Crippen LogP contribution in [0.1, 0.15) is 27.9 Å². The van der Waals surface area contributed by atoms with E-state index in [0.29, 0.717) is 5.82 Å². The van der Waals surface area contributed by atoms with Gasteiger partial charge in [-0.2, -0.15) is 0 Å². The number of ketones is 1. The molecule has 130 valence electrons. The maximum absolute atomic E-state index is 13.9. The number of hydrogen-bond acceptors (Lipinski definition) is 4. The van der Waals surface area contributed by atoms with Crippen LogP contribution >= 0.6 is 0 Å². The molecule has 1 atom stereocenters. The van der Waals surface area contributed by atoms with E-state index in [1.54, 1.807) is 18.5 Å². The molecule has 0 saturated carbocycles. The minimum absolute atomic E-state index is 0.0971. The molecule has 0 radical (unpaired) electrons. The SMILES string of the molecule is Cc1[nH]c2ccc(F)cc2c1C(C(=O)c1ncc[nH]1)N1CCNCC1. The Labute approximate surface area is 144 Å². The van der Waals surface area contributed by atoms with Crippen molar-refractivity contribution >= 4 is 16.7 Å². The van der Waals surface area contributed by atoms with Crippen molar-refractivity contribution in [2.45, 2.75) is 13.0 Å². The van der Waals surface area contributed by atoms with Gasteiger partial charge in [-0.25, -0.2) is 9.37 Å². The smallest absolute Gasteiger partial charge is 0.219 e. The van der Waals surface area contributed by atoms with Crippen LogP contribution in [-0.4, -0.2) is 51.8 Å². The van der Waals surface area contributed by atoms with Gasteiger partial charge < -0.3 is 15.3 Å². The number of H-pyrrole nitrogens is 2. The minimum Gasteiger partial charge on any atom is -0.358 e. The number of rotatable bonds is 4. The van der Waals surface area contributed by atoms with E-state index >= 15 is 0 Å². The van der Waals surface area contributed by atoms with E-state index in [2.05, 4.69) is 25.2 Å². The molecular formula is C18H20FN5O. The van der Waals surface area contributed by atoms with Gasteiger partial charge >= 0.3 is 0 Å². The van der Waals surface area contributed by atoms with Crippen LogP contribution < -0.4 is 5.32 Å². The molecule has 0 bridgehead atoms. The van der Waals surface area contributed by atoms with Crippen LogP contribution in [0.15, 0.2) is 30.6 Å². The third-order valence-corrected chi connectivity index (χ3v) is 4.77. The van der Waals surface area contributed by atoms with E-state index in [1.165, 1.54) is 12.1 Å². The van der Waals surface area contributed by atoms with Crippen molar-refractivity contribution in [1.82, 2.24) is 25.2 Å². The van der Waals surface area contributed by atoms with Gasteiger partial charge in [-0.15, -0.1) is 0 Å². The van der Waals surface area contributed by atoms with E-state index in [9.17, 15) is 9.18 Å². The van der Waals surface area contributed by atoms with Crippen molar-refractivity contribution in [3.63, 3.8) is 0 Å². The number of benzene rings is 1. The zero-order valence-electron chi connectivity index (χ0n) is 14.0. The Hall–Kier alpha value is -2.51. The largest absolute Gasteiger partial charge is 0.358 e. The summed E-state index contributed by atoms with van der Waals surface area (Å²) < 4.78 is 13.9. The summed E-state index contributed by atoms with van der Waals surface area (Å²) in [5.74, 6) is -0.0777. The van der Waals surface area contributed by atoms with Crippen molar-refractivity contribution in [2.75, 3.05) is 26.2 Å². The van der Waals surface area contributed by atoms with Gasteiger partial charge in [0.25, 0.3) is 0 Å². The molecule has 3 N–H and O–H groups in total. The van der Waals surface area contributed by atoms with Gasteiger partial charge in [-0.1, -0.05) is 0 Å². The number of nitrogens with zero attached hydrogens (tertiary/aromatic N) is 2. The van der Waals surface area contributed by atoms with E-state index in [1.807, 2.05) is 6.92 Å². The molecule has 1 unspecified atom stereocenters. The quantitative estimate of drug-likeness (QED) is 0.636. The lowest BCUT2D eigenvalue weighted by atomic mass is 9.96. The number of carbonyl (C=O) groups excluding carboxylic acids is 1. The Morgan fingerprint density at radius 2 is 2.12 bits per heavy atom. The standard InChI is InChI=1S/C18H20FN5O/c1-11-15(13-10-12(19)2-3-14(13)23-11)16(24-8-6-20-7-9-24)17(25)18-21-4-5-22-18/h2-5,10,16,20,23H,6-9H2,1H3,(H,21,22). The van der Waals surface area contributed by atoms with Crippen LogP contribution in [0, 0.1) is 12.7 Å². The molecule has 7 heteroatoms. The zero-order chi connectivity index (χ0) is 17.4. The lowest BCUT2D eigenvalue weighted by Crippen LogP contribution is -2.47. The Morgan fingerprint density at radius 1 is 1.32 bits per heavy atom. The van der Waals surface area contributed by atoms with Crippen LogP contribution in [0.2, 0.25) is 0 Å². The molecular weight excluding hydrogens is 321 g/mol. The van der Waals surface area contributed by atoms with E-state index in [4.69, 9.17) is 0 Å². The van der Waals surface area contributed by atoms with Gasteiger partial charge in [0, 0.05) is 60.7 Å². The molecule has 0 spiro atoms. The molecule has 25 heavy (non-hydrogen) atoms. The minimum atomic E-state index is -0.496. The number of fused-ring (bicyclic) bond motifs is 1. The summed E-state index contributed by atoms with van der Waals surface area (Å²) >= 11 is 0. The third kappa shape index (κ3) is 2.85. The second-order valence-electron chi connectivity index (χ2n) is 6.34. The number of Topliss-reactive ketones (excluding diaryl/α,β-unsaturated/α-hetero) is 1. The van der Waals surface area contributed by atoms with Crippen molar-refractivity contribution in [3.05, 3.63) is 53.5 Å². The van der Waals surface area contributed by atoms with Crippen molar-refractivity contribution < 1.29 is 9.18 Å². The fraction of sp³-hybridized carbons (Fsp3) is 0.333. The number of halogens is 1. The second kappa shape index (κ2) is 6.42. The average molecular weight is 341 g/mol. The first-order valence-electron chi connectivity index (χ1n) is 8.41. The van der Waals surface area contributed by atoms with Crippen molar-refractivity contribution in [2.24, 2.45) is 0 Å². The Balaban J connectivity index is 1.87. The average Bonchev–Trinajstić information content (AvgIpc) is 3.25. The van der Waals surface area contributed by atoms with E-state index < -0.39 is 6.04 Å². The zero-order valence-corrected chi connectivity index (χ0v) is 14.0. The monoisotopic (exact) mass is 341 g/mol. The van der Waals surface area contributed by atoms with Gasteiger partial charge in [0.15, 0.2) is 5.82 Å². The second-order valence-corrected chi connectivity index (χ2v) is 6.34. The van der Waals surface area contributed by atoms with Crippen LogP contribution in [0.3, 0.4) is 0 Å². The first-order valence-corrected chi connectivity index (χ1v) is 8.41. The van der Waals surface area contributed by atoms with Crippen LogP contribution in [0.25, 0.3) is 10.9 Å². The highest BCUT2D eigenvalue weighted by Crippen LogP contribution is 2.34. The number of carbonyl (C=O) groups is 1. The summed E-state index contributed by atoms with van der Waals surface area (Å²) in [6, 6.07) is 4.14. The Morgan fingerprint density at radius 3 is 2.84 bits per heavy atom. The number of aryl methyl sites for hydroxylation is 1. The number of aromatic nitrogens is 3. The molecule has 1 aliphatic rings. The lowest BCUT2D eigenvalue weighted by molar-refractivity contribution is 0.0786. The summed E-state index contributed by atoms with van der Waals surface area (Å²) in [6.07, 6.45) is 3.22. The molecule has 0 aliphatic carbocycles. The number of imidazole rings is 1. The van der Waals surface area contributed by atoms with Crippen LogP contribution in [0.5, 0.6) is 0 Å². The van der Waals surface area contributed by atoms with Crippen molar-refractivity contribution in [1.29, 1.82) is 0 Å². The summed E-state index contributed by atoms with van der Waals surface area (Å²) in [7, 11) is 0. The summed E-state index contributed by atoms with van der Waals surface area (Å²) in [5.41, 5.74) is 2.54. The van der Waals surface area contributed by atoms with Crippen LogP contribution in [0.4, 0.5) is 4.39 Å². The molecule has 1 aromatic carbocycles. The van der Waals surface area contributed by atoms with E-state index in [-0.39, 0.29) is 11.6 Å². The number of hydrogen-bond donors (Lipinski definition) is 3. The van der Waals surface area contributed by atoms with Crippen LogP contribution in [-0.2, 0) is 0 Å². The molecule has 3 heterocycles. The first kappa shape index (κ1) is 16.0. The fourth-order valence-corrected chi connectivity index (χ4v) is 3.62. The maximum Gasteiger partial charge on any atom is 0.219 e. The van der Waals surface area contributed by atoms with Gasteiger partial charge in [-0.3, -0.25) is 9.69 Å². The number of nitrogens with one attached hydrogen (secondary N) is 3. The van der Waals surface area contributed by atoms with Gasteiger partial charge in [0.2, 0.25) is 5.78 Å². The van der Waals surface area contributed by atoms with Gasteiger partial charge in [0.1, 0.15) is 11.9 Å². The number of aromatic amines is 2. The highest BCUT2D eigenvalue weighted by atomic mass is 19.1. The summed E-state index contributed by atoms with van der Waals surface area (Å²) in [6.45, 7) is 5.06. The molecule has 1 aliphatic heterocycles. The Bertz CT molecular complexity index is 896. The molecule has 6 nitrogen and oxygen atoms in total. The number of piperazine rings is 1. The highest BCUT2D eigenvalue weighted by Gasteiger charge is 2.34. The normalized spacial score (nSPS) is 17.0. The predicted molar refractivity (Wildman–Crippen MR) is 93.1 cm³/mol. The molecule has 3 aromatic rings. The highest BCUT2D eigenvalue weighted by molar-refractivity contribution is 6.01. The Kier molecular flexibility index (Phi) is 4.10. The first-order chi connectivity index (χ1) is 12.1. The van der Waals surface area contributed by atoms with E-state index in [0.717, 1.165) is 48.3 Å².